The molecule has 3 rings (SSSR count). The monoisotopic (exact) mass is 306 g/mol. The summed E-state index contributed by atoms with van der Waals surface area (Å²) in [7, 11) is 0. The summed E-state index contributed by atoms with van der Waals surface area (Å²) in [6.07, 6.45) is 3.38. The molecule has 0 saturated carbocycles. The van der Waals surface area contributed by atoms with Crippen LogP contribution >= 0.6 is 23.2 Å². The molecule has 1 N–H and O–H groups in total. The van der Waals surface area contributed by atoms with E-state index in [1.807, 2.05) is 12.1 Å². The Morgan fingerprint density at radius 2 is 1.75 bits per heavy atom. The van der Waals surface area contributed by atoms with Gasteiger partial charge < -0.3 is 5.32 Å². The van der Waals surface area contributed by atoms with Crippen molar-refractivity contribution in [2.75, 3.05) is 5.32 Å². The van der Waals surface area contributed by atoms with Crippen LogP contribution in [-0.2, 0) is 12.8 Å². The highest BCUT2D eigenvalue weighted by Gasteiger charge is 2.13. The van der Waals surface area contributed by atoms with Crippen molar-refractivity contribution in [2.45, 2.75) is 19.3 Å². The molecule has 1 heterocycles. The van der Waals surface area contributed by atoms with Gasteiger partial charge in [0.2, 0.25) is 0 Å². The van der Waals surface area contributed by atoms with Gasteiger partial charge in [-0.05, 0) is 54.7 Å². The molecule has 0 radical (unpaired) electrons. The zero-order valence-electron chi connectivity index (χ0n) is 10.6. The van der Waals surface area contributed by atoms with Crippen molar-refractivity contribution >= 4 is 34.8 Å². The number of aryl methyl sites for hydroxylation is 2. The Hall–Kier alpha value is -1.58. The summed E-state index contributed by atoms with van der Waals surface area (Å²) in [5, 5.41) is 3.27. The molecule has 0 unspecified atom stereocenters. The van der Waals surface area contributed by atoms with Gasteiger partial charge in [0.25, 0.3) is 5.91 Å². The van der Waals surface area contributed by atoms with Crippen molar-refractivity contribution in [3.05, 3.63) is 57.3 Å². The Morgan fingerprint density at radius 3 is 2.50 bits per heavy atom. The lowest BCUT2D eigenvalue weighted by molar-refractivity contribution is 0.102. The molecule has 102 valence electrons. The van der Waals surface area contributed by atoms with Gasteiger partial charge in [0, 0.05) is 11.3 Å². The standard InChI is InChI=1S/C15H12Cl2N2O/c16-13-7-11(8-14(17)19-13)15(20)18-12-5-4-9-2-1-3-10(9)6-12/h4-8H,1-3H2,(H,18,20). The van der Waals surface area contributed by atoms with Crippen LogP contribution in [0.25, 0.3) is 0 Å². The Bertz CT molecular complexity index is 665. The van der Waals surface area contributed by atoms with E-state index in [9.17, 15) is 4.79 Å². The van der Waals surface area contributed by atoms with Gasteiger partial charge in [-0.3, -0.25) is 4.79 Å². The summed E-state index contributed by atoms with van der Waals surface area (Å²) in [6.45, 7) is 0. The minimum atomic E-state index is -0.242. The lowest BCUT2D eigenvalue weighted by atomic mass is 10.1. The Morgan fingerprint density at radius 1 is 1.05 bits per heavy atom. The molecule has 0 spiro atoms. The lowest BCUT2D eigenvalue weighted by Crippen LogP contribution is -2.12. The summed E-state index contributed by atoms with van der Waals surface area (Å²) in [5.41, 5.74) is 3.88. The largest absolute Gasteiger partial charge is 0.322 e. The SMILES string of the molecule is O=C(Nc1ccc2c(c1)CCC2)c1cc(Cl)nc(Cl)c1. The number of carbonyl (C=O) groups excluding carboxylic acids is 1. The van der Waals surface area contributed by atoms with Crippen molar-refractivity contribution in [3.8, 4) is 0 Å². The third-order valence-corrected chi connectivity index (χ3v) is 3.77. The smallest absolute Gasteiger partial charge is 0.255 e. The van der Waals surface area contributed by atoms with Crippen LogP contribution in [0.3, 0.4) is 0 Å². The first-order valence-corrected chi connectivity index (χ1v) is 7.14. The number of anilines is 1. The minimum absolute atomic E-state index is 0.205. The maximum absolute atomic E-state index is 12.2. The molecule has 1 aromatic carbocycles. The molecule has 0 bridgehead atoms. The quantitative estimate of drug-likeness (QED) is 0.848. The summed E-state index contributed by atoms with van der Waals surface area (Å²) in [6, 6.07) is 9.02. The van der Waals surface area contributed by atoms with Gasteiger partial charge in [0.1, 0.15) is 10.3 Å². The molecule has 0 aliphatic heterocycles. The molecule has 0 saturated heterocycles. The molecule has 2 aromatic rings. The maximum Gasteiger partial charge on any atom is 0.255 e. The van der Waals surface area contributed by atoms with Crippen LogP contribution in [0, 0.1) is 0 Å². The van der Waals surface area contributed by atoms with E-state index < -0.39 is 0 Å². The van der Waals surface area contributed by atoms with Crippen LogP contribution in [0.4, 0.5) is 5.69 Å². The fourth-order valence-corrected chi connectivity index (χ4v) is 2.91. The maximum atomic E-state index is 12.2. The average molecular weight is 307 g/mol. The molecule has 5 heteroatoms. The van der Waals surface area contributed by atoms with Gasteiger partial charge in [-0.2, -0.15) is 0 Å². The van der Waals surface area contributed by atoms with Crippen molar-refractivity contribution < 1.29 is 4.79 Å². The number of halogens is 2. The van der Waals surface area contributed by atoms with Crippen molar-refractivity contribution in [1.82, 2.24) is 4.98 Å². The number of carbonyl (C=O) groups is 1. The van der Waals surface area contributed by atoms with Gasteiger partial charge in [-0.15, -0.1) is 0 Å². The number of nitrogens with one attached hydrogen (secondary N) is 1. The van der Waals surface area contributed by atoms with E-state index in [1.165, 1.54) is 29.7 Å². The van der Waals surface area contributed by atoms with E-state index in [4.69, 9.17) is 23.2 Å². The zero-order chi connectivity index (χ0) is 14.1. The minimum Gasteiger partial charge on any atom is -0.322 e. The summed E-state index contributed by atoms with van der Waals surface area (Å²) < 4.78 is 0. The third kappa shape index (κ3) is 2.79. The topological polar surface area (TPSA) is 42.0 Å². The first-order valence-electron chi connectivity index (χ1n) is 6.38. The van der Waals surface area contributed by atoms with Crippen molar-refractivity contribution in [1.29, 1.82) is 0 Å². The molecule has 1 aliphatic rings. The highest BCUT2D eigenvalue weighted by molar-refractivity contribution is 6.33. The van der Waals surface area contributed by atoms with Crippen LogP contribution < -0.4 is 5.32 Å². The number of pyridine rings is 1. The van der Waals surface area contributed by atoms with Gasteiger partial charge in [0.15, 0.2) is 0 Å². The summed E-state index contributed by atoms with van der Waals surface area (Å²) >= 11 is 11.6. The van der Waals surface area contributed by atoms with E-state index in [0.29, 0.717) is 5.56 Å². The number of amides is 1. The van der Waals surface area contributed by atoms with Gasteiger partial charge in [-0.25, -0.2) is 4.98 Å². The summed E-state index contributed by atoms with van der Waals surface area (Å²) in [5.74, 6) is -0.242. The molecule has 0 fully saturated rings. The highest BCUT2D eigenvalue weighted by atomic mass is 35.5. The van der Waals surface area contributed by atoms with Crippen LogP contribution in [0.5, 0.6) is 0 Å². The van der Waals surface area contributed by atoms with Gasteiger partial charge in [-0.1, -0.05) is 29.3 Å². The molecule has 1 aromatic heterocycles. The number of aromatic nitrogens is 1. The number of rotatable bonds is 2. The second-order valence-corrected chi connectivity index (χ2v) is 5.57. The molecule has 0 atom stereocenters. The van der Waals surface area contributed by atoms with E-state index >= 15 is 0 Å². The summed E-state index contributed by atoms with van der Waals surface area (Å²) in [4.78, 5) is 16.0. The zero-order valence-corrected chi connectivity index (χ0v) is 12.1. The van der Waals surface area contributed by atoms with Gasteiger partial charge in [0.05, 0.1) is 0 Å². The molecule has 1 amide bonds. The van der Waals surface area contributed by atoms with Crippen LogP contribution in [-0.4, -0.2) is 10.9 Å². The predicted molar refractivity (Wildman–Crippen MR) is 80.7 cm³/mol. The van der Waals surface area contributed by atoms with Crippen molar-refractivity contribution in [3.63, 3.8) is 0 Å². The Labute approximate surface area is 126 Å². The number of benzene rings is 1. The first-order chi connectivity index (χ1) is 9.61. The molecule has 1 aliphatic carbocycles. The number of nitrogens with zero attached hydrogens (tertiary/aromatic N) is 1. The molecular formula is C15H12Cl2N2O. The first kappa shape index (κ1) is 13.4. The van der Waals surface area contributed by atoms with E-state index in [2.05, 4.69) is 16.4 Å². The average Bonchev–Trinajstić information content (AvgIpc) is 2.85. The van der Waals surface area contributed by atoms with Crippen LogP contribution in [0.15, 0.2) is 30.3 Å². The second kappa shape index (κ2) is 5.43. The number of hydrogen-bond donors (Lipinski definition) is 1. The number of hydrogen-bond acceptors (Lipinski definition) is 2. The van der Waals surface area contributed by atoms with Crippen LogP contribution in [0.2, 0.25) is 10.3 Å². The number of fused-ring (bicyclic) bond motifs is 1. The molecular weight excluding hydrogens is 295 g/mol. The predicted octanol–water partition coefficient (Wildman–Crippen LogP) is 4.13. The third-order valence-electron chi connectivity index (χ3n) is 3.38. The Balaban J connectivity index is 1.82. The van der Waals surface area contributed by atoms with E-state index in [-0.39, 0.29) is 16.2 Å². The fourth-order valence-electron chi connectivity index (χ4n) is 2.45. The second-order valence-electron chi connectivity index (χ2n) is 4.79. The molecule has 20 heavy (non-hydrogen) atoms. The van der Waals surface area contributed by atoms with Crippen molar-refractivity contribution in [2.24, 2.45) is 0 Å². The lowest BCUT2D eigenvalue weighted by Gasteiger charge is -2.08. The van der Waals surface area contributed by atoms with Crippen LogP contribution in [0.1, 0.15) is 27.9 Å². The van der Waals surface area contributed by atoms with E-state index in [0.717, 1.165) is 18.5 Å². The highest BCUT2D eigenvalue weighted by Crippen LogP contribution is 2.25. The Kier molecular flexibility index (Phi) is 3.64. The van der Waals surface area contributed by atoms with Gasteiger partial charge >= 0.3 is 0 Å². The normalized spacial score (nSPS) is 13.1. The van der Waals surface area contributed by atoms with E-state index in [1.54, 1.807) is 0 Å². The molecule has 3 nitrogen and oxygen atoms in total. The fraction of sp³-hybridized carbons (Fsp3) is 0.200.